The quantitative estimate of drug-likeness (QED) is 0.308. The zero-order chi connectivity index (χ0) is 23.5. The zero-order valence-corrected chi connectivity index (χ0v) is 21.4. The van der Waals surface area contributed by atoms with Crippen LogP contribution in [0.15, 0.2) is 46.2 Å². The molecule has 34 heavy (non-hydrogen) atoms. The molecule has 1 atom stereocenters. The van der Waals surface area contributed by atoms with Gasteiger partial charge in [0, 0.05) is 33.4 Å². The van der Waals surface area contributed by atoms with Crippen LogP contribution in [0.25, 0.3) is 22.6 Å². The molecule has 1 aromatic carbocycles. The topological polar surface area (TPSA) is 81.9 Å². The van der Waals surface area contributed by atoms with Gasteiger partial charge in [-0.1, -0.05) is 41.6 Å². The van der Waals surface area contributed by atoms with Crippen LogP contribution in [-0.2, 0) is 16.1 Å². The fourth-order valence-electron chi connectivity index (χ4n) is 3.80. The number of hydrogen-bond acceptors (Lipinski definition) is 8. The number of carbonyl (C=O) groups is 1. The molecule has 4 aromatic rings. The SMILES string of the molecule is Cc1ccc(-c2csc(NC(=O)CSc3nnc(-c4csc(C)c4)n3CC3CCCO3)n2)cc1. The number of thiazole rings is 1. The van der Waals surface area contributed by atoms with Gasteiger partial charge >= 0.3 is 0 Å². The molecular formula is C24H25N5O2S3. The number of ether oxygens (including phenoxy) is 1. The third kappa shape index (κ3) is 5.41. The summed E-state index contributed by atoms with van der Waals surface area (Å²) >= 11 is 4.50. The lowest BCUT2D eigenvalue weighted by Crippen LogP contribution is -2.18. The van der Waals surface area contributed by atoms with Crippen LogP contribution in [0.3, 0.4) is 0 Å². The van der Waals surface area contributed by atoms with Crippen LogP contribution in [-0.4, -0.2) is 44.1 Å². The van der Waals surface area contributed by atoms with Gasteiger partial charge in [-0.3, -0.25) is 9.36 Å². The normalized spacial score (nSPS) is 15.6. The zero-order valence-electron chi connectivity index (χ0n) is 19.0. The maximum atomic E-state index is 12.7. The van der Waals surface area contributed by atoms with Crippen LogP contribution in [0.5, 0.6) is 0 Å². The highest BCUT2D eigenvalue weighted by atomic mass is 32.2. The maximum Gasteiger partial charge on any atom is 0.236 e. The summed E-state index contributed by atoms with van der Waals surface area (Å²) < 4.78 is 7.95. The first kappa shape index (κ1) is 23.2. The predicted octanol–water partition coefficient (Wildman–Crippen LogP) is 5.66. The average Bonchev–Trinajstić information content (AvgIpc) is 3.62. The Labute approximate surface area is 210 Å². The van der Waals surface area contributed by atoms with E-state index >= 15 is 0 Å². The van der Waals surface area contributed by atoms with Crippen LogP contribution < -0.4 is 5.32 Å². The van der Waals surface area contributed by atoms with Crippen molar-refractivity contribution < 1.29 is 9.53 Å². The van der Waals surface area contributed by atoms with E-state index in [1.165, 1.54) is 33.5 Å². The summed E-state index contributed by atoms with van der Waals surface area (Å²) in [6, 6.07) is 10.3. The summed E-state index contributed by atoms with van der Waals surface area (Å²) in [6.07, 6.45) is 2.25. The largest absolute Gasteiger partial charge is 0.376 e. The van der Waals surface area contributed by atoms with E-state index in [1.807, 2.05) is 17.5 Å². The molecule has 1 saturated heterocycles. The van der Waals surface area contributed by atoms with E-state index in [2.05, 4.69) is 62.5 Å². The first-order valence-corrected chi connectivity index (χ1v) is 13.8. The van der Waals surface area contributed by atoms with Gasteiger partial charge in [0.05, 0.1) is 24.1 Å². The van der Waals surface area contributed by atoms with Crippen molar-refractivity contribution in [3.05, 3.63) is 51.5 Å². The number of hydrogen-bond donors (Lipinski definition) is 1. The Morgan fingerprint density at radius 1 is 1.18 bits per heavy atom. The van der Waals surface area contributed by atoms with Crippen LogP contribution in [0.4, 0.5) is 5.13 Å². The second kappa shape index (κ2) is 10.4. The monoisotopic (exact) mass is 511 g/mol. The van der Waals surface area contributed by atoms with Crippen LogP contribution in [0, 0.1) is 13.8 Å². The lowest BCUT2D eigenvalue weighted by molar-refractivity contribution is -0.113. The Morgan fingerprint density at radius 3 is 2.76 bits per heavy atom. The third-order valence-corrected chi connectivity index (χ3v) is 8.13. The van der Waals surface area contributed by atoms with Gasteiger partial charge in [-0.05, 0) is 32.8 Å². The molecule has 1 amide bonds. The molecule has 10 heteroatoms. The van der Waals surface area contributed by atoms with Gasteiger partial charge in [0.15, 0.2) is 16.1 Å². The molecule has 1 aliphatic heterocycles. The number of thiophene rings is 1. The van der Waals surface area contributed by atoms with Gasteiger partial charge in [-0.25, -0.2) is 4.98 Å². The standard InChI is InChI=1S/C24H25N5O2S3/c1-15-5-7-17(8-6-15)20-13-33-23(25-20)26-21(30)14-34-24-28-27-22(18-10-16(2)32-12-18)29(24)11-19-4-3-9-31-19/h5-8,10,12-13,19H,3-4,9,11,14H2,1-2H3,(H,25,26,30). The van der Waals surface area contributed by atoms with Crippen LogP contribution in [0.1, 0.15) is 23.3 Å². The van der Waals surface area contributed by atoms with E-state index < -0.39 is 0 Å². The molecule has 0 spiro atoms. The number of thioether (sulfide) groups is 1. The molecular weight excluding hydrogens is 486 g/mol. The highest BCUT2D eigenvalue weighted by molar-refractivity contribution is 7.99. The first-order chi connectivity index (χ1) is 16.5. The number of nitrogens with zero attached hydrogens (tertiary/aromatic N) is 4. The maximum absolute atomic E-state index is 12.7. The van der Waals surface area contributed by atoms with Crippen molar-refractivity contribution in [1.29, 1.82) is 0 Å². The minimum Gasteiger partial charge on any atom is -0.376 e. The van der Waals surface area contributed by atoms with Gasteiger partial charge in [-0.2, -0.15) is 0 Å². The molecule has 0 radical (unpaired) electrons. The van der Waals surface area contributed by atoms with E-state index in [1.54, 1.807) is 11.3 Å². The van der Waals surface area contributed by atoms with E-state index in [0.717, 1.165) is 47.3 Å². The molecule has 0 aliphatic carbocycles. The van der Waals surface area contributed by atoms with Gasteiger partial charge in [0.25, 0.3) is 0 Å². The molecule has 1 N–H and O–H groups in total. The first-order valence-electron chi connectivity index (χ1n) is 11.1. The number of carbonyl (C=O) groups excluding carboxylic acids is 1. The lowest BCUT2D eigenvalue weighted by atomic mass is 10.1. The minimum atomic E-state index is -0.116. The van der Waals surface area contributed by atoms with E-state index in [9.17, 15) is 4.79 Å². The Kier molecular flexibility index (Phi) is 7.10. The fraction of sp³-hybridized carbons (Fsp3) is 0.333. The molecule has 1 unspecified atom stereocenters. The lowest BCUT2D eigenvalue weighted by Gasteiger charge is -2.14. The van der Waals surface area contributed by atoms with Crippen molar-refractivity contribution in [1.82, 2.24) is 19.7 Å². The highest BCUT2D eigenvalue weighted by Gasteiger charge is 2.23. The average molecular weight is 512 g/mol. The summed E-state index contributed by atoms with van der Waals surface area (Å²) in [5.41, 5.74) is 4.15. The third-order valence-electron chi connectivity index (χ3n) is 5.55. The van der Waals surface area contributed by atoms with Gasteiger partial charge in [0.1, 0.15) is 0 Å². The summed E-state index contributed by atoms with van der Waals surface area (Å²) in [5.74, 6) is 0.936. The van der Waals surface area contributed by atoms with Crippen molar-refractivity contribution >= 4 is 45.5 Å². The number of benzene rings is 1. The van der Waals surface area contributed by atoms with Gasteiger partial charge in [-0.15, -0.1) is 32.9 Å². The van der Waals surface area contributed by atoms with Crippen molar-refractivity contribution in [3.8, 4) is 22.6 Å². The summed E-state index contributed by atoms with van der Waals surface area (Å²) in [4.78, 5) is 18.5. The molecule has 176 valence electrons. The molecule has 4 heterocycles. The predicted molar refractivity (Wildman–Crippen MR) is 139 cm³/mol. The Bertz CT molecular complexity index is 1270. The number of anilines is 1. The number of aryl methyl sites for hydroxylation is 2. The van der Waals surface area contributed by atoms with Crippen LogP contribution >= 0.6 is 34.4 Å². The van der Waals surface area contributed by atoms with Crippen molar-refractivity contribution in [2.75, 3.05) is 17.7 Å². The van der Waals surface area contributed by atoms with E-state index in [4.69, 9.17) is 4.74 Å². The molecule has 5 rings (SSSR count). The molecule has 0 saturated carbocycles. The summed E-state index contributed by atoms with van der Waals surface area (Å²) in [7, 11) is 0. The van der Waals surface area contributed by atoms with Crippen LogP contribution in [0.2, 0.25) is 0 Å². The Morgan fingerprint density at radius 2 is 2.03 bits per heavy atom. The summed E-state index contributed by atoms with van der Waals surface area (Å²) in [6.45, 7) is 5.62. The highest BCUT2D eigenvalue weighted by Crippen LogP contribution is 2.30. The second-order valence-electron chi connectivity index (χ2n) is 8.24. The second-order valence-corrected chi connectivity index (χ2v) is 11.2. The fourth-order valence-corrected chi connectivity index (χ4v) is 5.96. The summed E-state index contributed by atoms with van der Waals surface area (Å²) in [5, 5.41) is 17.1. The molecule has 1 fully saturated rings. The number of amides is 1. The molecule has 7 nitrogen and oxygen atoms in total. The number of nitrogens with one attached hydrogen (secondary N) is 1. The number of rotatable bonds is 8. The van der Waals surface area contributed by atoms with E-state index in [-0.39, 0.29) is 17.8 Å². The minimum absolute atomic E-state index is 0.116. The number of aromatic nitrogens is 4. The van der Waals surface area contributed by atoms with Crippen molar-refractivity contribution in [2.24, 2.45) is 0 Å². The van der Waals surface area contributed by atoms with Crippen molar-refractivity contribution in [3.63, 3.8) is 0 Å². The van der Waals surface area contributed by atoms with Gasteiger partial charge in [0.2, 0.25) is 5.91 Å². The van der Waals surface area contributed by atoms with E-state index in [0.29, 0.717) is 11.7 Å². The Hall–Kier alpha value is -2.53. The Balaban J connectivity index is 1.26. The molecule has 1 aliphatic rings. The molecule has 0 bridgehead atoms. The van der Waals surface area contributed by atoms with Gasteiger partial charge < -0.3 is 10.1 Å². The molecule has 3 aromatic heterocycles. The van der Waals surface area contributed by atoms with Crippen molar-refractivity contribution in [2.45, 2.75) is 44.5 Å². The smallest absolute Gasteiger partial charge is 0.236 e.